The predicted molar refractivity (Wildman–Crippen MR) is 42.4 cm³/mol. The topological polar surface area (TPSA) is 42.4 Å². The molecule has 58 valence electrons. The summed E-state index contributed by atoms with van der Waals surface area (Å²) in [6, 6.07) is 1.80. The Labute approximate surface area is 72.2 Å². The summed E-state index contributed by atoms with van der Waals surface area (Å²) < 4.78 is 6.02. The molecule has 1 aromatic heterocycles. The van der Waals surface area contributed by atoms with E-state index in [0.717, 1.165) is 4.47 Å². The van der Waals surface area contributed by atoms with Gasteiger partial charge in [-0.3, -0.25) is 4.98 Å². The maximum Gasteiger partial charge on any atom is 0.144 e. The van der Waals surface area contributed by atoms with Gasteiger partial charge in [-0.1, -0.05) is 0 Å². The average Bonchev–Trinajstić information content (AvgIpc) is 2.32. The molecule has 1 atom stereocenters. The fourth-order valence-corrected chi connectivity index (χ4v) is 1.36. The molecular weight excluding hydrogens is 210 g/mol. The molecule has 0 aromatic carbocycles. The van der Waals surface area contributed by atoms with Crippen LogP contribution in [-0.4, -0.2) is 16.7 Å². The Hall–Kier alpha value is -0.610. The highest BCUT2D eigenvalue weighted by atomic mass is 79.9. The molecule has 0 aliphatic carbocycles. The zero-order valence-electron chi connectivity index (χ0n) is 5.62. The summed E-state index contributed by atoms with van der Waals surface area (Å²) in [7, 11) is 0. The molecule has 4 heteroatoms. The Bertz CT molecular complexity index is 290. The molecular formula is C7H6BrNO2. The van der Waals surface area contributed by atoms with Crippen LogP contribution in [0.5, 0.6) is 5.75 Å². The molecule has 3 nitrogen and oxygen atoms in total. The van der Waals surface area contributed by atoms with Gasteiger partial charge in [0.1, 0.15) is 24.2 Å². The minimum Gasteiger partial charge on any atom is -0.488 e. The van der Waals surface area contributed by atoms with Gasteiger partial charge in [0, 0.05) is 10.7 Å². The first-order valence-electron chi connectivity index (χ1n) is 3.23. The van der Waals surface area contributed by atoms with Gasteiger partial charge < -0.3 is 9.84 Å². The maximum atomic E-state index is 9.27. The lowest BCUT2D eigenvalue weighted by atomic mass is 10.2. The highest BCUT2D eigenvalue weighted by Gasteiger charge is 2.22. The van der Waals surface area contributed by atoms with Crippen molar-refractivity contribution in [3.05, 3.63) is 22.4 Å². The van der Waals surface area contributed by atoms with Crippen LogP contribution in [0.4, 0.5) is 0 Å². The fraction of sp³-hybridized carbons (Fsp3) is 0.286. The molecule has 0 bridgehead atoms. The second-order valence-corrected chi connectivity index (χ2v) is 3.28. The van der Waals surface area contributed by atoms with E-state index in [1.54, 1.807) is 12.3 Å². The van der Waals surface area contributed by atoms with E-state index in [1.807, 2.05) is 0 Å². The van der Waals surface area contributed by atoms with Crippen LogP contribution in [0, 0.1) is 0 Å². The number of aliphatic hydroxyl groups excluding tert-OH is 1. The molecule has 11 heavy (non-hydrogen) atoms. The van der Waals surface area contributed by atoms with Crippen LogP contribution in [0.3, 0.4) is 0 Å². The molecule has 0 saturated carbocycles. The van der Waals surface area contributed by atoms with Gasteiger partial charge in [0.25, 0.3) is 0 Å². The van der Waals surface area contributed by atoms with Gasteiger partial charge in [-0.25, -0.2) is 0 Å². The van der Waals surface area contributed by atoms with E-state index >= 15 is 0 Å². The van der Waals surface area contributed by atoms with Crippen LogP contribution < -0.4 is 4.74 Å². The second kappa shape index (κ2) is 2.46. The first kappa shape index (κ1) is 7.06. The Kier molecular flexibility index (Phi) is 1.58. The number of nitrogens with zero attached hydrogens (tertiary/aromatic N) is 1. The summed E-state index contributed by atoms with van der Waals surface area (Å²) in [4.78, 5) is 4.02. The maximum absolute atomic E-state index is 9.27. The number of aliphatic hydroxyl groups is 1. The third kappa shape index (κ3) is 1.12. The molecule has 1 aliphatic heterocycles. The monoisotopic (exact) mass is 215 g/mol. The van der Waals surface area contributed by atoms with E-state index in [2.05, 4.69) is 20.9 Å². The SMILES string of the molecule is OC1COc2cc(Br)cnc21. The first-order chi connectivity index (χ1) is 5.27. The van der Waals surface area contributed by atoms with Crippen LogP contribution in [0.15, 0.2) is 16.7 Å². The lowest BCUT2D eigenvalue weighted by molar-refractivity contribution is 0.138. The van der Waals surface area contributed by atoms with Gasteiger partial charge in [0.15, 0.2) is 0 Å². The van der Waals surface area contributed by atoms with Crippen molar-refractivity contribution in [3.8, 4) is 5.75 Å². The number of pyridine rings is 1. The molecule has 0 fully saturated rings. The quantitative estimate of drug-likeness (QED) is 0.709. The lowest BCUT2D eigenvalue weighted by Gasteiger charge is -1.97. The predicted octanol–water partition coefficient (Wildman–Crippen LogP) is 1.27. The smallest absolute Gasteiger partial charge is 0.144 e. The van der Waals surface area contributed by atoms with Crippen molar-refractivity contribution in [2.45, 2.75) is 6.10 Å². The minimum absolute atomic E-state index is 0.318. The molecule has 1 aromatic rings. The Morgan fingerprint density at radius 2 is 2.55 bits per heavy atom. The average molecular weight is 216 g/mol. The Balaban J connectivity index is 2.50. The van der Waals surface area contributed by atoms with Gasteiger partial charge >= 0.3 is 0 Å². The molecule has 1 aliphatic rings. The fourth-order valence-electron chi connectivity index (χ4n) is 1.04. The number of halogens is 1. The number of rotatable bonds is 0. The van der Waals surface area contributed by atoms with Gasteiger partial charge in [0.05, 0.1) is 0 Å². The van der Waals surface area contributed by atoms with Crippen LogP contribution in [0.25, 0.3) is 0 Å². The van der Waals surface area contributed by atoms with Gasteiger partial charge in [-0.2, -0.15) is 0 Å². The van der Waals surface area contributed by atoms with E-state index in [-0.39, 0.29) is 0 Å². The van der Waals surface area contributed by atoms with Crippen LogP contribution in [-0.2, 0) is 0 Å². The van der Waals surface area contributed by atoms with Crippen molar-refractivity contribution >= 4 is 15.9 Å². The largest absolute Gasteiger partial charge is 0.488 e. The van der Waals surface area contributed by atoms with Crippen LogP contribution >= 0.6 is 15.9 Å². The third-order valence-corrected chi connectivity index (χ3v) is 1.99. The molecule has 0 spiro atoms. The van der Waals surface area contributed by atoms with Crippen molar-refractivity contribution < 1.29 is 9.84 Å². The molecule has 0 amide bonds. The highest BCUT2D eigenvalue weighted by Crippen LogP contribution is 2.31. The first-order valence-corrected chi connectivity index (χ1v) is 4.03. The highest BCUT2D eigenvalue weighted by molar-refractivity contribution is 9.10. The molecule has 2 heterocycles. The summed E-state index contributed by atoms with van der Waals surface area (Å²) in [5, 5.41) is 9.27. The molecule has 1 unspecified atom stereocenters. The summed E-state index contributed by atoms with van der Waals surface area (Å²) in [5.41, 5.74) is 0.633. The summed E-state index contributed by atoms with van der Waals surface area (Å²) in [6.45, 7) is 0.318. The third-order valence-electron chi connectivity index (χ3n) is 1.56. The van der Waals surface area contributed by atoms with Crippen molar-refractivity contribution in [3.63, 3.8) is 0 Å². The number of fused-ring (bicyclic) bond motifs is 1. The standard InChI is InChI=1S/C7H6BrNO2/c8-4-1-6-7(9-2-4)5(10)3-11-6/h1-2,5,10H,3H2. The molecule has 1 N–H and O–H groups in total. The number of hydrogen-bond acceptors (Lipinski definition) is 3. The zero-order chi connectivity index (χ0) is 7.84. The molecule has 0 saturated heterocycles. The summed E-state index contributed by atoms with van der Waals surface area (Å²) >= 11 is 3.26. The zero-order valence-corrected chi connectivity index (χ0v) is 7.21. The van der Waals surface area contributed by atoms with Crippen molar-refractivity contribution in [2.75, 3.05) is 6.61 Å². The number of hydrogen-bond donors (Lipinski definition) is 1. The lowest BCUT2D eigenvalue weighted by Crippen LogP contribution is -1.98. The van der Waals surface area contributed by atoms with Gasteiger partial charge in [-0.15, -0.1) is 0 Å². The van der Waals surface area contributed by atoms with Crippen LogP contribution in [0.1, 0.15) is 11.8 Å². The number of aromatic nitrogens is 1. The van der Waals surface area contributed by atoms with Crippen molar-refractivity contribution in [1.29, 1.82) is 0 Å². The Morgan fingerprint density at radius 3 is 3.36 bits per heavy atom. The Morgan fingerprint density at radius 1 is 1.73 bits per heavy atom. The minimum atomic E-state index is -0.557. The van der Waals surface area contributed by atoms with Crippen molar-refractivity contribution in [1.82, 2.24) is 4.98 Å². The van der Waals surface area contributed by atoms with Crippen LogP contribution in [0.2, 0.25) is 0 Å². The molecule has 2 rings (SSSR count). The normalized spacial score (nSPS) is 21.1. The van der Waals surface area contributed by atoms with E-state index in [4.69, 9.17) is 4.74 Å². The summed E-state index contributed by atoms with van der Waals surface area (Å²) in [5.74, 6) is 0.673. The van der Waals surface area contributed by atoms with Gasteiger partial charge in [-0.05, 0) is 22.0 Å². The van der Waals surface area contributed by atoms with Gasteiger partial charge in [0.2, 0.25) is 0 Å². The summed E-state index contributed by atoms with van der Waals surface area (Å²) in [6.07, 6.45) is 1.09. The molecule has 0 radical (unpaired) electrons. The van der Waals surface area contributed by atoms with E-state index in [9.17, 15) is 5.11 Å². The van der Waals surface area contributed by atoms with E-state index < -0.39 is 6.10 Å². The van der Waals surface area contributed by atoms with Crippen molar-refractivity contribution in [2.24, 2.45) is 0 Å². The van der Waals surface area contributed by atoms with E-state index in [0.29, 0.717) is 18.1 Å². The second-order valence-electron chi connectivity index (χ2n) is 2.36. The number of ether oxygens (including phenoxy) is 1. The van der Waals surface area contributed by atoms with E-state index in [1.165, 1.54) is 0 Å².